The van der Waals surface area contributed by atoms with Gasteiger partial charge in [-0.25, -0.2) is 0 Å². The van der Waals surface area contributed by atoms with E-state index in [2.05, 4.69) is 25.8 Å². The van der Waals surface area contributed by atoms with Crippen molar-refractivity contribution < 1.29 is 9.59 Å². The fraction of sp³-hybridized carbons (Fsp3) is 0.571. The van der Waals surface area contributed by atoms with Gasteiger partial charge in [0.15, 0.2) is 5.96 Å². The maximum atomic E-state index is 12.1. The van der Waals surface area contributed by atoms with Crippen molar-refractivity contribution in [2.24, 2.45) is 10.9 Å². The van der Waals surface area contributed by atoms with Crippen molar-refractivity contribution in [3.63, 3.8) is 0 Å². The van der Waals surface area contributed by atoms with E-state index in [1.807, 2.05) is 37.3 Å². The molecule has 7 heteroatoms. The fourth-order valence-corrected chi connectivity index (χ4v) is 3.29. The van der Waals surface area contributed by atoms with Gasteiger partial charge >= 0.3 is 0 Å². The van der Waals surface area contributed by atoms with Crippen molar-refractivity contribution in [1.29, 1.82) is 0 Å². The molecule has 2 rings (SSSR count). The van der Waals surface area contributed by atoms with E-state index >= 15 is 0 Å². The van der Waals surface area contributed by atoms with Crippen molar-refractivity contribution in [1.82, 2.24) is 20.9 Å². The molecule has 1 fully saturated rings. The highest BCUT2D eigenvalue weighted by Gasteiger charge is 2.23. The minimum absolute atomic E-state index is 0.00716. The number of likely N-dealkylation sites (tertiary alicyclic amines) is 1. The van der Waals surface area contributed by atoms with Gasteiger partial charge in [-0.2, -0.15) is 0 Å². The smallest absolute Gasteiger partial charge is 0.222 e. The number of benzene rings is 1. The van der Waals surface area contributed by atoms with Crippen LogP contribution in [0.5, 0.6) is 0 Å². The fourth-order valence-electron chi connectivity index (χ4n) is 3.29. The number of piperidine rings is 1. The molecule has 154 valence electrons. The first-order valence-corrected chi connectivity index (χ1v) is 10.2. The Morgan fingerprint density at radius 3 is 2.46 bits per heavy atom. The Bertz CT molecular complexity index is 639. The van der Waals surface area contributed by atoms with Crippen LogP contribution in [0.3, 0.4) is 0 Å². The van der Waals surface area contributed by atoms with E-state index in [0.717, 1.165) is 44.0 Å². The summed E-state index contributed by atoms with van der Waals surface area (Å²) in [7, 11) is 1.68. The van der Waals surface area contributed by atoms with Crippen LogP contribution >= 0.6 is 0 Å². The minimum atomic E-state index is 0.00716. The van der Waals surface area contributed by atoms with Gasteiger partial charge in [-0.1, -0.05) is 30.3 Å². The standard InChI is InChI=1S/C21H33N5O2/c1-3-23-21(26-13-10-17(11-14-26)15-20(28)22-2)24-12-9-19(27)25-16-18-7-5-4-6-8-18/h4-8,17H,3,9-16H2,1-2H3,(H,22,28)(H,23,24)(H,25,27). The van der Waals surface area contributed by atoms with Gasteiger partial charge in [-0.15, -0.1) is 0 Å². The van der Waals surface area contributed by atoms with Gasteiger partial charge in [-0.05, 0) is 31.2 Å². The van der Waals surface area contributed by atoms with Crippen LogP contribution in [0.4, 0.5) is 0 Å². The summed E-state index contributed by atoms with van der Waals surface area (Å²) in [6, 6.07) is 9.88. The van der Waals surface area contributed by atoms with Gasteiger partial charge in [0.2, 0.25) is 11.8 Å². The van der Waals surface area contributed by atoms with Gasteiger partial charge in [0.25, 0.3) is 0 Å². The van der Waals surface area contributed by atoms with Gasteiger partial charge in [0.1, 0.15) is 0 Å². The van der Waals surface area contributed by atoms with Crippen molar-refractivity contribution in [2.75, 3.05) is 33.2 Å². The SMILES string of the molecule is CCNC(=NCCC(=O)NCc1ccccc1)N1CCC(CC(=O)NC)CC1. The van der Waals surface area contributed by atoms with Crippen LogP contribution in [0.25, 0.3) is 0 Å². The van der Waals surface area contributed by atoms with Crippen LogP contribution in [-0.2, 0) is 16.1 Å². The zero-order valence-corrected chi connectivity index (χ0v) is 17.0. The first kappa shape index (κ1) is 21.7. The number of hydrogen-bond acceptors (Lipinski definition) is 3. The molecule has 7 nitrogen and oxygen atoms in total. The van der Waals surface area contributed by atoms with E-state index in [-0.39, 0.29) is 11.8 Å². The summed E-state index contributed by atoms with van der Waals surface area (Å²) in [5.41, 5.74) is 1.09. The molecule has 1 aromatic rings. The predicted molar refractivity (Wildman–Crippen MR) is 112 cm³/mol. The van der Waals surface area contributed by atoms with E-state index in [0.29, 0.717) is 31.8 Å². The lowest BCUT2D eigenvalue weighted by Crippen LogP contribution is -2.46. The number of nitrogens with zero attached hydrogens (tertiary/aromatic N) is 2. The molecule has 2 amide bonds. The normalized spacial score (nSPS) is 15.2. The number of guanidine groups is 1. The zero-order chi connectivity index (χ0) is 20.2. The highest BCUT2D eigenvalue weighted by molar-refractivity contribution is 5.81. The van der Waals surface area contributed by atoms with Crippen LogP contribution in [0.1, 0.15) is 38.2 Å². The molecule has 0 radical (unpaired) electrons. The molecule has 28 heavy (non-hydrogen) atoms. The Hall–Kier alpha value is -2.57. The summed E-state index contributed by atoms with van der Waals surface area (Å²) in [6.45, 7) is 5.60. The maximum Gasteiger partial charge on any atom is 0.222 e. The lowest BCUT2D eigenvalue weighted by Gasteiger charge is -2.34. The molecule has 0 saturated carbocycles. The molecular formula is C21H33N5O2. The van der Waals surface area contributed by atoms with Crippen LogP contribution < -0.4 is 16.0 Å². The molecule has 0 unspecified atom stereocenters. The number of rotatable bonds is 8. The van der Waals surface area contributed by atoms with Crippen molar-refractivity contribution in [2.45, 2.75) is 39.2 Å². The van der Waals surface area contributed by atoms with Crippen LogP contribution in [0.2, 0.25) is 0 Å². The largest absolute Gasteiger partial charge is 0.359 e. The Morgan fingerprint density at radius 2 is 1.82 bits per heavy atom. The number of carbonyl (C=O) groups excluding carboxylic acids is 2. The summed E-state index contributed by atoms with van der Waals surface area (Å²) in [5.74, 6) is 1.41. The minimum Gasteiger partial charge on any atom is -0.359 e. The molecule has 0 spiro atoms. The summed E-state index contributed by atoms with van der Waals surface area (Å²) in [4.78, 5) is 30.5. The van der Waals surface area contributed by atoms with E-state index in [9.17, 15) is 9.59 Å². The van der Waals surface area contributed by atoms with Crippen molar-refractivity contribution in [3.05, 3.63) is 35.9 Å². The number of hydrogen-bond donors (Lipinski definition) is 3. The van der Waals surface area contributed by atoms with Gasteiger partial charge in [0.05, 0.1) is 6.54 Å². The number of aliphatic imine (C=N–C) groups is 1. The Morgan fingerprint density at radius 1 is 1.11 bits per heavy atom. The number of nitrogens with one attached hydrogen (secondary N) is 3. The lowest BCUT2D eigenvalue weighted by atomic mass is 9.93. The van der Waals surface area contributed by atoms with Crippen LogP contribution in [0.15, 0.2) is 35.3 Å². The van der Waals surface area contributed by atoms with E-state index in [1.165, 1.54) is 0 Å². The summed E-state index contributed by atoms with van der Waals surface area (Å²) < 4.78 is 0. The van der Waals surface area contributed by atoms with Crippen LogP contribution in [-0.4, -0.2) is 55.9 Å². The molecule has 1 saturated heterocycles. The zero-order valence-electron chi connectivity index (χ0n) is 17.0. The number of amides is 2. The van der Waals surface area contributed by atoms with E-state index in [4.69, 9.17) is 0 Å². The highest BCUT2D eigenvalue weighted by Crippen LogP contribution is 2.20. The van der Waals surface area contributed by atoms with Gasteiger partial charge in [-0.3, -0.25) is 14.6 Å². The monoisotopic (exact) mass is 387 g/mol. The highest BCUT2D eigenvalue weighted by atomic mass is 16.2. The second-order valence-corrected chi connectivity index (χ2v) is 7.06. The third-order valence-corrected chi connectivity index (χ3v) is 4.93. The Kier molecular flexibility index (Phi) is 9.31. The second kappa shape index (κ2) is 12.0. The first-order chi connectivity index (χ1) is 13.6. The average Bonchev–Trinajstić information content (AvgIpc) is 2.73. The quantitative estimate of drug-likeness (QED) is 0.466. The van der Waals surface area contributed by atoms with Crippen molar-refractivity contribution in [3.8, 4) is 0 Å². The Balaban J connectivity index is 1.75. The molecule has 1 aliphatic rings. The molecule has 0 aliphatic carbocycles. The van der Waals surface area contributed by atoms with E-state index < -0.39 is 0 Å². The molecule has 0 atom stereocenters. The molecule has 1 aromatic carbocycles. The second-order valence-electron chi connectivity index (χ2n) is 7.06. The molecule has 1 heterocycles. The third-order valence-electron chi connectivity index (χ3n) is 4.93. The molecular weight excluding hydrogens is 354 g/mol. The lowest BCUT2D eigenvalue weighted by molar-refractivity contribution is -0.122. The summed E-state index contributed by atoms with van der Waals surface area (Å²) in [5, 5.41) is 8.95. The summed E-state index contributed by atoms with van der Waals surface area (Å²) in [6.07, 6.45) is 2.93. The first-order valence-electron chi connectivity index (χ1n) is 10.2. The van der Waals surface area contributed by atoms with Gasteiger partial charge in [0, 0.05) is 46.1 Å². The molecule has 3 N–H and O–H groups in total. The van der Waals surface area contributed by atoms with Gasteiger partial charge < -0.3 is 20.9 Å². The van der Waals surface area contributed by atoms with Crippen LogP contribution in [0, 0.1) is 5.92 Å². The van der Waals surface area contributed by atoms with Crippen molar-refractivity contribution >= 4 is 17.8 Å². The third kappa shape index (κ3) is 7.58. The molecule has 0 aromatic heterocycles. The topological polar surface area (TPSA) is 85.8 Å². The molecule has 0 bridgehead atoms. The Labute approximate surface area is 168 Å². The predicted octanol–water partition coefficient (Wildman–Crippen LogP) is 1.51. The average molecular weight is 388 g/mol. The van der Waals surface area contributed by atoms with E-state index in [1.54, 1.807) is 7.05 Å². The maximum absolute atomic E-state index is 12.1. The summed E-state index contributed by atoms with van der Waals surface area (Å²) >= 11 is 0. The number of carbonyl (C=O) groups is 2. The molecule has 1 aliphatic heterocycles.